The van der Waals surface area contributed by atoms with E-state index in [0.29, 0.717) is 11.7 Å². The quantitative estimate of drug-likeness (QED) is 0.660. The van der Waals surface area contributed by atoms with Gasteiger partial charge in [-0.3, -0.25) is 20.0 Å². The number of nitrogens with zero attached hydrogens (tertiary/aromatic N) is 3. The summed E-state index contributed by atoms with van der Waals surface area (Å²) in [4.78, 5) is 25.9. The van der Waals surface area contributed by atoms with E-state index in [1.165, 1.54) is 0 Å². The first-order chi connectivity index (χ1) is 10.0. The number of aromatic nitrogens is 3. The van der Waals surface area contributed by atoms with Gasteiger partial charge in [0, 0.05) is 12.0 Å². The van der Waals surface area contributed by atoms with Crippen LogP contribution < -0.4 is 5.32 Å². The summed E-state index contributed by atoms with van der Waals surface area (Å²) in [5.74, 6) is -0.588. The molecule has 8 nitrogen and oxygen atoms in total. The molecule has 1 fully saturated rings. The van der Waals surface area contributed by atoms with Crippen molar-refractivity contribution in [1.82, 2.24) is 15.2 Å². The summed E-state index contributed by atoms with van der Waals surface area (Å²) in [6.07, 6.45) is 2.01. The van der Waals surface area contributed by atoms with E-state index in [4.69, 9.17) is 0 Å². The lowest BCUT2D eigenvalue weighted by atomic mass is 10.2. The van der Waals surface area contributed by atoms with Crippen LogP contribution in [0.5, 0.6) is 0 Å². The van der Waals surface area contributed by atoms with Gasteiger partial charge in [0.15, 0.2) is 0 Å². The molecule has 9 heteroatoms. The molecule has 108 valence electrons. The molecular formula is C12H10FN5O3. The second-order valence-electron chi connectivity index (χ2n) is 4.73. The van der Waals surface area contributed by atoms with E-state index in [0.717, 1.165) is 31.0 Å². The Bertz CT molecular complexity index is 725. The van der Waals surface area contributed by atoms with Crippen LogP contribution in [0.25, 0.3) is 0 Å². The van der Waals surface area contributed by atoms with Crippen molar-refractivity contribution < 1.29 is 14.1 Å². The maximum Gasteiger partial charge on any atom is 0.295 e. The van der Waals surface area contributed by atoms with Gasteiger partial charge in [0.2, 0.25) is 5.82 Å². The summed E-state index contributed by atoms with van der Waals surface area (Å²) < 4.78 is 13.3. The highest BCUT2D eigenvalue weighted by Crippen LogP contribution is 2.37. The summed E-state index contributed by atoms with van der Waals surface area (Å²) in [6, 6.07) is 2.82. The number of amides is 1. The molecule has 3 rings (SSSR count). The van der Waals surface area contributed by atoms with Crippen molar-refractivity contribution in [2.75, 3.05) is 5.32 Å². The fraction of sp³-hybridized carbons (Fsp3) is 0.250. The number of nitro groups is 1. The maximum atomic E-state index is 13.3. The van der Waals surface area contributed by atoms with E-state index in [1.54, 1.807) is 0 Å². The molecule has 2 aromatic rings. The van der Waals surface area contributed by atoms with Crippen molar-refractivity contribution >= 4 is 17.3 Å². The lowest BCUT2D eigenvalue weighted by Gasteiger charge is -2.02. The standard InChI is InChI=1S/C12H10FN5O3/c13-7-3-8(5-9(4-7)18(20)21)14-12(19)11-15-10(16-17-11)6-1-2-6/h3-6H,1-2H2,(H,14,19)(H,15,16,17). The Labute approximate surface area is 117 Å². The smallest absolute Gasteiger partial charge is 0.295 e. The number of benzene rings is 1. The van der Waals surface area contributed by atoms with Gasteiger partial charge in [0.1, 0.15) is 11.6 Å². The SMILES string of the molecule is O=C(Nc1cc(F)cc([N+](=O)[O-])c1)c1n[nH]c(C2CC2)n1. The molecule has 1 aromatic carbocycles. The minimum Gasteiger partial charge on any atom is -0.319 e. The van der Waals surface area contributed by atoms with Gasteiger partial charge in [0.25, 0.3) is 11.6 Å². The zero-order chi connectivity index (χ0) is 15.0. The van der Waals surface area contributed by atoms with Crippen LogP contribution >= 0.6 is 0 Å². The molecule has 1 aliphatic rings. The predicted molar refractivity (Wildman–Crippen MR) is 69.4 cm³/mol. The molecule has 0 saturated heterocycles. The number of carbonyl (C=O) groups is 1. The molecule has 0 radical (unpaired) electrons. The third kappa shape index (κ3) is 2.86. The Morgan fingerprint density at radius 1 is 1.43 bits per heavy atom. The molecule has 1 saturated carbocycles. The van der Waals surface area contributed by atoms with Crippen molar-refractivity contribution in [1.29, 1.82) is 0 Å². The fourth-order valence-electron chi connectivity index (χ4n) is 1.85. The molecule has 0 atom stereocenters. The monoisotopic (exact) mass is 291 g/mol. The summed E-state index contributed by atoms with van der Waals surface area (Å²) in [5, 5.41) is 19.4. The number of H-pyrrole nitrogens is 1. The first kappa shape index (κ1) is 13.2. The average Bonchev–Trinajstić information content (AvgIpc) is 3.15. The van der Waals surface area contributed by atoms with Crippen LogP contribution in [0.15, 0.2) is 18.2 Å². The van der Waals surface area contributed by atoms with Gasteiger partial charge < -0.3 is 5.32 Å². The second-order valence-corrected chi connectivity index (χ2v) is 4.73. The predicted octanol–water partition coefficient (Wildman–Crippen LogP) is 1.98. The van der Waals surface area contributed by atoms with Crippen molar-refractivity contribution in [3.8, 4) is 0 Å². The third-order valence-electron chi connectivity index (χ3n) is 3.02. The molecule has 0 bridgehead atoms. The highest BCUT2D eigenvalue weighted by atomic mass is 19.1. The zero-order valence-electron chi connectivity index (χ0n) is 10.7. The Kier molecular flexibility index (Phi) is 3.09. The number of carbonyl (C=O) groups excluding carboxylic acids is 1. The number of anilines is 1. The topological polar surface area (TPSA) is 114 Å². The van der Waals surface area contributed by atoms with E-state index >= 15 is 0 Å². The number of hydrogen-bond donors (Lipinski definition) is 2. The first-order valence-corrected chi connectivity index (χ1v) is 6.21. The van der Waals surface area contributed by atoms with E-state index in [1.807, 2.05) is 0 Å². The van der Waals surface area contributed by atoms with Crippen molar-refractivity contribution in [3.05, 3.63) is 45.8 Å². The van der Waals surface area contributed by atoms with Crippen LogP contribution in [0.1, 0.15) is 35.2 Å². The third-order valence-corrected chi connectivity index (χ3v) is 3.02. The molecule has 21 heavy (non-hydrogen) atoms. The van der Waals surface area contributed by atoms with Crippen molar-refractivity contribution in [2.45, 2.75) is 18.8 Å². The molecule has 0 unspecified atom stereocenters. The number of aromatic amines is 1. The van der Waals surface area contributed by atoms with Crippen molar-refractivity contribution in [2.24, 2.45) is 0 Å². The summed E-state index contributed by atoms with van der Waals surface area (Å²) in [5.41, 5.74) is -0.469. The molecule has 1 aliphatic carbocycles. The van der Waals surface area contributed by atoms with Crippen LogP contribution in [0.2, 0.25) is 0 Å². The Balaban J connectivity index is 1.78. The van der Waals surface area contributed by atoms with E-state index in [2.05, 4.69) is 20.5 Å². The van der Waals surface area contributed by atoms with Crippen LogP contribution in [-0.2, 0) is 0 Å². The van der Waals surface area contributed by atoms with Crippen LogP contribution in [0, 0.1) is 15.9 Å². The number of nitrogens with one attached hydrogen (secondary N) is 2. The number of halogens is 1. The highest BCUT2D eigenvalue weighted by molar-refractivity contribution is 6.01. The number of non-ortho nitro benzene ring substituents is 1. The van der Waals surface area contributed by atoms with Gasteiger partial charge in [0.05, 0.1) is 16.7 Å². The summed E-state index contributed by atoms with van der Waals surface area (Å²) in [7, 11) is 0. The summed E-state index contributed by atoms with van der Waals surface area (Å²) >= 11 is 0. The van der Waals surface area contributed by atoms with E-state index in [-0.39, 0.29) is 11.5 Å². The van der Waals surface area contributed by atoms with Gasteiger partial charge >= 0.3 is 0 Å². The van der Waals surface area contributed by atoms with Crippen LogP contribution in [0.4, 0.5) is 15.8 Å². The van der Waals surface area contributed by atoms with Gasteiger partial charge in [-0.2, -0.15) is 0 Å². The Morgan fingerprint density at radius 3 is 2.86 bits per heavy atom. The summed E-state index contributed by atoms with van der Waals surface area (Å²) in [6.45, 7) is 0. The minimum atomic E-state index is -0.812. The Morgan fingerprint density at radius 2 is 2.19 bits per heavy atom. The second kappa shape index (κ2) is 4.93. The van der Waals surface area contributed by atoms with E-state index < -0.39 is 22.3 Å². The van der Waals surface area contributed by atoms with Gasteiger partial charge in [-0.25, -0.2) is 9.37 Å². The normalized spacial score (nSPS) is 14.0. The fourth-order valence-corrected chi connectivity index (χ4v) is 1.85. The molecular weight excluding hydrogens is 281 g/mol. The molecule has 0 aliphatic heterocycles. The van der Waals surface area contributed by atoms with Gasteiger partial charge in [-0.05, 0) is 18.9 Å². The largest absolute Gasteiger partial charge is 0.319 e. The van der Waals surface area contributed by atoms with Crippen molar-refractivity contribution in [3.63, 3.8) is 0 Å². The lowest BCUT2D eigenvalue weighted by Crippen LogP contribution is -2.14. The molecule has 1 amide bonds. The molecule has 1 heterocycles. The number of rotatable bonds is 4. The average molecular weight is 291 g/mol. The number of hydrogen-bond acceptors (Lipinski definition) is 5. The lowest BCUT2D eigenvalue weighted by molar-refractivity contribution is -0.385. The molecule has 2 N–H and O–H groups in total. The van der Waals surface area contributed by atoms with Gasteiger partial charge in [-0.15, -0.1) is 5.10 Å². The molecule has 1 aromatic heterocycles. The highest BCUT2D eigenvalue weighted by Gasteiger charge is 2.28. The Hall–Kier alpha value is -2.84. The van der Waals surface area contributed by atoms with Crippen LogP contribution in [-0.4, -0.2) is 26.0 Å². The van der Waals surface area contributed by atoms with E-state index in [9.17, 15) is 19.3 Å². The number of nitro benzene ring substituents is 1. The molecule has 0 spiro atoms. The maximum absolute atomic E-state index is 13.3. The van der Waals surface area contributed by atoms with Crippen LogP contribution in [0.3, 0.4) is 0 Å². The minimum absolute atomic E-state index is 0.0236. The first-order valence-electron chi connectivity index (χ1n) is 6.21. The zero-order valence-corrected chi connectivity index (χ0v) is 10.7. The van der Waals surface area contributed by atoms with Gasteiger partial charge in [-0.1, -0.05) is 0 Å².